The molecule has 1 aliphatic rings. The SMILES string of the molecule is COc1c(Br)cc(Cl)cc1S(=O)(=O)NC[C@H](C(C)C)N1CCOCC1. The summed E-state index contributed by atoms with van der Waals surface area (Å²) in [6.45, 7) is 7.44. The van der Waals surface area contributed by atoms with Crippen LogP contribution in [0.15, 0.2) is 21.5 Å². The lowest BCUT2D eigenvalue weighted by atomic mass is 10.0. The van der Waals surface area contributed by atoms with Crippen molar-refractivity contribution in [3.63, 3.8) is 0 Å². The van der Waals surface area contributed by atoms with E-state index in [9.17, 15) is 8.42 Å². The molecule has 142 valence electrons. The van der Waals surface area contributed by atoms with E-state index >= 15 is 0 Å². The van der Waals surface area contributed by atoms with Crippen molar-refractivity contribution >= 4 is 37.6 Å². The number of nitrogens with one attached hydrogen (secondary N) is 1. The summed E-state index contributed by atoms with van der Waals surface area (Å²) in [5.41, 5.74) is 0. The van der Waals surface area contributed by atoms with E-state index in [1.807, 2.05) is 0 Å². The fraction of sp³-hybridized carbons (Fsp3) is 0.625. The third-order valence-corrected chi connectivity index (χ3v) is 6.47. The molecule has 0 saturated carbocycles. The van der Waals surface area contributed by atoms with Gasteiger partial charge in [0.1, 0.15) is 4.90 Å². The predicted molar refractivity (Wildman–Crippen MR) is 102 cm³/mol. The Balaban J connectivity index is 2.20. The Morgan fingerprint density at radius 3 is 2.56 bits per heavy atom. The van der Waals surface area contributed by atoms with Gasteiger partial charge in [0.15, 0.2) is 5.75 Å². The van der Waals surface area contributed by atoms with Crippen LogP contribution in [0.25, 0.3) is 0 Å². The van der Waals surface area contributed by atoms with Crippen LogP contribution in [0.1, 0.15) is 13.8 Å². The normalized spacial score (nSPS) is 17.7. The molecule has 0 aromatic heterocycles. The number of ether oxygens (including phenoxy) is 2. The Bertz CT molecular complexity index is 694. The van der Waals surface area contributed by atoms with Crippen LogP contribution in [0, 0.1) is 5.92 Å². The predicted octanol–water partition coefficient (Wildman–Crippen LogP) is 2.75. The molecule has 1 heterocycles. The monoisotopic (exact) mass is 454 g/mol. The molecule has 1 fully saturated rings. The van der Waals surface area contributed by atoms with Crippen LogP contribution < -0.4 is 9.46 Å². The van der Waals surface area contributed by atoms with E-state index in [0.29, 0.717) is 35.2 Å². The molecule has 0 spiro atoms. The van der Waals surface area contributed by atoms with E-state index in [0.717, 1.165) is 13.1 Å². The van der Waals surface area contributed by atoms with Crippen molar-refractivity contribution in [3.8, 4) is 5.75 Å². The van der Waals surface area contributed by atoms with E-state index in [4.69, 9.17) is 21.1 Å². The fourth-order valence-corrected chi connectivity index (χ4v) is 5.34. The highest BCUT2D eigenvalue weighted by Gasteiger charge is 2.28. The van der Waals surface area contributed by atoms with Gasteiger partial charge in [0.05, 0.1) is 24.8 Å². The van der Waals surface area contributed by atoms with Gasteiger partial charge in [0.2, 0.25) is 10.0 Å². The summed E-state index contributed by atoms with van der Waals surface area (Å²) >= 11 is 9.31. The van der Waals surface area contributed by atoms with E-state index in [1.54, 1.807) is 6.07 Å². The zero-order valence-electron chi connectivity index (χ0n) is 14.6. The van der Waals surface area contributed by atoms with Crippen LogP contribution >= 0.6 is 27.5 Å². The molecule has 1 aromatic carbocycles. The Hall–Kier alpha value is -0.380. The number of benzene rings is 1. The van der Waals surface area contributed by atoms with Crippen molar-refractivity contribution in [3.05, 3.63) is 21.6 Å². The fourth-order valence-electron chi connectivity index (χ4n) is 2.90. The van der Waals surface area contributed by atoms with Gasteiger partial charge in [-0.2, -0.15) is 0 Å². The lowest BCUT2D eigenvalue weighted by molar-refractivity contribution is 0.00776. The van der Waals surface area contributed by atoms with Crippen LogP contribution in [0.3, 0.4) is 0 Å². The highest BCUT2D eigenvalue weighted by Crippen LogP contribution is 2.35. The molecule has 1 aromatic rings. The molecule has 25 heavy (non-hydrogen) atoms. The maximum absolute atomic E-state index is 12.8. The van der Waals surface area contributed by atoms with Crippen molar-refractivity contribution in [1.82, 2.24) is 9.62 Å². The molecule has 0 unspecified atom stereocenters. The lowest BCUT2D eigenvalue weighted by Crippen LogP contribution is -2.51. The number of methoxy groups -OCH3 is 1. The van der Waals surface area contributed by atoms with Crippen LogP contribution in [0.4, 0.5) is 0 Å². The van der Waals surface area contributed by atoms with Gasteiger partial charge in [0, 0.05) is 30.7 Å². The van der Waals surface area contributed by atoms with Crippen molar-refractivity contribution in [1.29, 1.82) is 0 Å². The topological polar surface area (TPSA) is 67.9 Å². The third kappa shape index (κ3) is 5.30. The van der Waals surface area contributed by atoms with Gasteiger partial charge in [-0.05, 0) is 34.0 Å². The Labute approximate surface area is 163 Å². The average Bonchev–Trinajstić information content (AvgIpc) is 2.55. The second kappa shape index (κ2) is 9.01. The first-order valence-corrected chi connectivity index (χ1v) is 10.8. The molecule has 1 atom stereocenters. The Kier molecular flexibility index (Phi) is 7.54. The highest BCUT2D eigenvalue weighted by molar-refractivity contribution is 9.10. The quantitative estimate of drug-likeness (QED) is 0.685. The molecule has 1 N–H and O–H groups in total. The Morgan fingerprint density at radius 2 is 2.00 bits per heavy atom. The molecule has 0 radical (unpaired) electrons. The summed E-state index contributed by atoms with van der Waals surface area (Å²) in [5.74, 6) is 0.540. The van der Waals surface area contributed by atoms with Gasteiger partial charge < -0.3 is 9.47 Å². The summed E-state index contributed by atoms with van der Waals surface area (Å²) in [5, 5.41) is 0.321. The molecule has 0 aliphatic carbocycles. The molecule has 0 bridgehead atoms. The maximum Gasteiger partial charge on any atom is 0.244 e. The van der Waals surface area contributed by atoms with Gasteiger partial charge >= 0.3 is 0 Å². The summed E-state index contributed by atoms with van der Waals surface area (Å²) in [6.07, 6.45) is 0. The van der Waals surface area contributed by atoms with E-state index < -0.39 is 10.0 Å². The molecule has 2 rings (SSSR count). The largest absolute Gasteiger partial charge is 0.494 e. The van der Waals surface area contributed by atoms with Crippen LogP contribution in [-0.2, 0) is 14.8 Å². The van der Waals surface area contributed by atoms with Gasteiger partial charge in [-0.1, -0.05) is 25.4 Å². The highest BCUT2D eigenvalue weighted by atomic mass is 79.9. The van der Waals surface area contributed by atoms with Crippen molar-refractivity contribution in [2.45, 2.75) is 24.8 Å². The van der Waals surface area contributed by atoms with Gasteiger partial charge in [-0.25, -0.2) is 13.1 Å². The van der Waals surface area contributed by atoms with Gasteiger partial charge in [0.25, 0.3) is 0 Å². The first-order chi connectivity index (χ1) is 11.8. The van der Waals surface area contributed by atoms with Crippen molar-refractivity contribution in [2.24, 2.45) is 5.92 Å². The van der Waals surface area contributed by atoms with Crippen molar-refractivity contribution < 1.29 is 17.9 Å². The summed E-state index contributed by atoms with van der Waals surface area (Å²) in [7, 11) is -2.33. The number of nitrogens with zero attached hydrogens (tertiary/aromatic N) is 1. The molecular formula is C16H24BrClN2O4S. The zero-order valence-corrected chi connectivity index (χ0v) is 17.7. The second-order valence-electron chi connectivity index (χ2n) is 6.23. The van der Waals surface area contributed by atoms with Crippen LogP contribution in [0.5, 0.6) is 5.75 Å². The minimum absolute atomic E-state index is 0.0267. The second-order valence-corrected chi connectivity index (χ2v) is 9.26. The molecule has 1 aliphatic heterocycles. The average molecular weight is 456 g/mol. The summed E-state index contributed by atoms with van der Waals surface area (Å²) in [4.78, 5) is 2.29. The molecule has 0 amide bonds. The number of morpholine rings is 1. The number of halogens is 2. The molecule has 6 nitrogen and oxygen atoms in total. The van der Waals surface area contributed by atoms with Crippen LogP contribution in [0.2, 0.25) is 5.02 Å². The number of hydrogen-bond donors (Lipinski definition) is 1. The van der Waals surface area contributed by atoms with E-state index in [1.165, 1.54) is 13.2 Å². The third-order valence-electron chi connectivity index (χ3n) is 4.23. The first kappa shape index (κ1) is 20.9. The minimum Gasteiger partial charge on any atom is -0.494 e. The maximum atomic E-state index is 12.8. The van der Waals surface area contributed by atoms with Crippen LogP contribution in [-0.4, -0.2) is 59.3 Å². The molecule has 1 saturated heterocycles. The zero-order chi connectivity index (χ0) is 18.6. The number of sulfonamides is 1. The first-order valence-electron chi connectivity index (χ1n) is 8.10. The lowest BCUT2D eigenvalue weighted by Gasteiger charge is -2.36. The minimum atomic E-state index is -3.76. The number of hydrogen-bond acceptors (Lipinski definition) is 5. The molecular weight excluding hydrogens is 432 g/mol. The molecule has 9 heteroatoms. The smallest absolute Gasteiger partial charge is 0.244 e. The summed E-state index contributed by atoms with van der Waals surface area (Å²) in [6, 6.07) is 3.09. The van der Waals surface area contributed by atoms with Crippen molar-refractivity contribution in [2.75, 3.05) is 40.0 Å². The van der Waals surface area contributed by atoms with Gasteiger partial charge in [-0.3, -0.25) is 4.90 Å². The van der Waals surface area contributed by atoms with E-state index in [-0.39, 0.29) is 16.7 Å². The Morgan fingerprint density at radius 1 is 1.36 bits per heavy atom. The van der Waals surface area contributed by atoms with E-state index in [2.05, 4.69) is 39.4 Å². The summed E-state index contributed by atoms with van der Waals surface area (Å²) < 4.78 is 39.5. The number of rotatable bonds is 7. The van der Waals surface area contributed by atoms with Gasteiger partial charge in [-0.15, -0.1) is 0 Å². The standard InChI is InChI=1S/C16H24BrClN2O4S/c1-11(2)14(20-4-6-24-7-5-20)10-19-25(21,22)15-9-12(18)8-13(17)16(15)23-3/h8-9,11,14,19H,4-7,10H2,1-3H3/t14-/m1/s1.